The summed E-state index contributed by atoms with van der Waals surface area (Å²) in [5.74, 6) is -3.08. The fraction of sp³-hybridized carbons (Fsp3) is 0.0870. The minimum absolute atomic E-state index is 0.119. The van der Waals surface area contributed by atoms with Gasteiger partial charge >= 0.3 is 11.9 Å². The Kier molecular flexibility index (Phi) is 6.04. The van der Waals surface area contributed by atoms with Crippen LogP contribution in [0.3, 0.4) is 0 Å². The van der Waals surface area contributed by atoms with Crippen molar-refractivity contribution in [1.29, 1.82) is 0 Å². The molecule has 0 atom stereocenters. The van der Waals surface area contributed by atoms with Crippen LogP contribution in [0.15, 0.2) is 78.9 Å². The molecule has 0 bridgehead atoms. The summed E-state index contributed by atoms with van der Waals surface area (Å²) in [5.41, 5.74) is 1.66. The van der Waals surface area contributed by atoms with E-state index in [0.717, 1.165) is 17.2 Å². The Morgan fingerprint density at radius 3 is 1.59 bits per heavy atom. The van der Waals surface area contributed by atoms with E-state index in [2.05, 4.69) is 5.32 Å². The number of carboxylic acid groups (broad SMARTS) is 2. The highest BCUT2D eigenvalue weighted by Gasteiger charge is 2.19. The summed E-state index contributed by atoms with van der Waals surface area (Å²) in [6.07, 6.45) is 0.119. The standard InChI is InChI=1S/C23H19NO5/c25-21(24-19-12-17(22(26)27)11-18(13-19)23(28)29)14-20(15-7-3-1-4-8-15)16-9-5-2-6-10-16/h1-13,20H,14H2,(H,24,25)(H,26,27)(H,28,29). The first-order valence-electron chi connectivity index (χ1n) is 8.95. The predicted molar refractivity (Wildman–Crippen MR) is 108 cm³/mol. The Morgan fingerprint density at radius 2 is 1.17 bits per heavy atom. The minimum Gasteiger partial charge on any atom is -0.478 e. The average molecular weight is 389 g/mol. The molecule has 0 unspecified atom stereocenters. The largest absolute Gasteiger partial charge is 0.478 e. The van der Waals surface area contributed by atoms with Crippen LogP contribution in [-0.4, -0.2) is 28.1 Å². The summed E-state index contributed by atoms with van der Waals surface area (Å²) in [7, 11) is 0. The maximum absolute atomic E-state index is 12.7. The topological polar surface area (TPSA) is 104 Å². The molecule has 3 rings (SSSR count). The van der Waals surface area contributed by atoms with Crippen molar-refractivity contribution in [1.82, 2.24) is 0 Å². The number of carbonyl (C=O) groups is 3. The highest BCUT2D eigenvalue weighted by atomic mass is 16.4. The molecule has 3 N–H and O–H groups in total. The highest BCUT2D eigenvalue weighted by Crippen LogP contribution is 2.28. The Labute approximate surface area is 167 Å². The number of rotatable bonds is 7. The van der Waals surface area contributed by atoms with Gasteiger partial charge in [-0.15, -0.1) is 0 Å². The van der Waals surface area contributed by atoms with Gasteiger partial charge in [0.2, 0.25) is 5.91 Å². The lowest BCUT2D eigenvalue weighted by Gasteiger charge is -2.18. The minimum atomic E-state index is -1.27. The second kappa shape index (κ2) is 8.84. The molecule has 0 fully saturated rings. The van der Waals surface area contributed by atoms with Gasteiger partial charge < -0.3 is 15.5 Å². The second-order valence-electron chi connectivity index (χ2n) is 6.54. The molecule has 6 heteroatoms. The van der Waals surface area contributed by atoms with E-state index in [1.54, 1.807) is 0 Å². The molecule has 0 aliphatic heterocycles. The summed E-state index contributed by atoms with van der Waals surface area (Å²) in [4.78, 5) is 35.2. The van der Waals surface area contributed by atoms with Crippen LogP contribution in [0.5, 0.6) is 0 Å². The van der Waals surface area contributed by atoms with Gasteiger partial charge in [0.25, 0.3) is 0 Å². The smallest absolute Gasteiger partial charge is 0.335 e. The first kappa shape index (κ1) is 19.8. The highest BCUT2D eigenvalue weighted by molar-refractivity contribution is 5.98. The maximum atomic E-state index is 12.7. The van der Waals surface area contributed by atoms with Crippen molar-refractivity contribution in [3.8, 4) is 0 Å². The van der Waals surface area contributed by atoms with Crippen LogP contribution < -0.4 is 5.32 Å². The Morgan fingerprint density at radius 1 is 0.724 bits per heavy atom. The molecule has 0 radical (unpaired) electrons. The van der Waals surface area contributed by atoms with Crippen molar-refractivity contribution in [2.75, 3.05) is 5.32 Å². The molecule has 0 aliphatic rings. The van der Waals surface area contributed by atoms with Gasteiger partial charge in [-0.25, -0.2) is 9.59 Å². The average Bonchev–Trinajstić information content (AvgIpc) is 2.73. The van der Waals surface area contributed by atoms with E-state index < -0.39 is 11.9 Å². The monoisotopic (exact) mass is 389 g/mol. The number of amides is 1. The number of aromatic carboxylic acids is 2. The van der Waals surface area contributed by atoms with Crippen molar-refractivity contribution in [3.05, 3.63) is 101 Å². The quantitative estimate of drug-likeness (QED) is 0.561. The first-order valence-corrected chi connectivity index (χ1v) is 8.95. The van der Waals surface area contributed by atoms with Crippen molar-refractivity contribution >= 4 is 23.5 Å². The molecule has 3 aromatic carbocycles. The van der Waals surface area contributed by atoms with Crippen LogP contribution in [-0.2, 0) is 4.79 Å². The van der Waals surface area contributed by atoms with Gasteiger partial charge in [-0.3, -0.25) is 4.79 Å². The number of nitrogens with one attached hydrogen (secondary N) is 1. The van der Waals surface area contributed by atoms with Crippen LogP contribution in [0.4, 0.5) is 5.69 Å². The van der Waals surface area contributed by atoms with E-state index in [4.69, 9.17) is 0 Å². The summed E-state index contributed by atoms with van der Waals surface area (Å²) in [6, 6.07) is 22.7. The molecule has 1 amide bonds. The number of anilines is 1. The summed E-state index contributed by atoms with van der Waals surface area (Å²) in [5, 5.41) is 21.0. The lowest BCUT2D eigenvalue weighted by molar-refractivity contribution is -0.116. The van der Waals surface area contributed by atoms with Gasteiger partial charge in [0.1, 0.15) is 0 Å². The summed E-state index contributed by atoms with van der Waals surface area (Å²) >= 11 is 0. The molecule has 0 aliphatic carbocycles. The normalized spacial score (nSPS) is 10.5. The van der Waals surface area contributed by atoms with Gasteiger partial charge in [0.15, 0.2) is 0 Å². The van der Waals surface area contributed by atoms with Crippen LogP contribution in [0.1, 0.15) is 44.2 Å². The number of hydrogen-bond acceptors (Lipinski definition) is 3. The molecule has 0 heterocycles. The lowest BCUT2D eigenvalue weighted by atomic mass is 9.88. The van der Waals surface area contributed by atoms with Gasteiger partial charge in [0.05, 0.1) is 11.1 Å². The van der Waals surface area contributed by atoms with E-state index in [9.17, 15) is 24.6 Å². The van der Waals surface area contributed by atoms with Gasteiger partial charge in [0, 0.05) is 18.0 Å². The predicted octanol–water partition coefficient (Wildman–Crippen LogP) is 4.24. The number of carbonyl (C=O) groups excluding carboxylic acids is 1. The molecular weight excluding hydrogens is 370 g/mol. The molecule has 6 nitrogen and oxygen atoms in total. The summed E-state index contributed by atoms with van der Waals surface area (Å²) in [6.45, 7) is 0. The van der Waals surface area contributed by atoms with Crippen LogP contribution in [0.2, 0.25) is 0 Å². The van der Waals surface area contributed by atoms with Gasteiger partial charge in [-0.05, 0) is 29.3 Å². The lowest BCUT2D eigenvalue weighted by Crippen LogP contribution is -2.17. The number of hydrogen-bond donors (Lipinski definition) is 3. The molecule has 0 saturated carbocycles. The third kappa shape index (κ3) is 5.07. The van der Waals surface area contributed by atoms with E-state index in [1.165, 1.54) is 12.1 Å². The second-order valence-corrected chi connectivity index (χ2v) is 6.54. The zero-order valence-electron chi connectivity index (χ0n) is 15.4. The van der Waals surface area contributed by atoms with E-state index >= 15 is 0 Å². The zero-order valence-corrected chi connectivity index (χ0v) is 15.4. The van der Waals surface area contributed by atoms with Crippen LogP contribution in [0.25, 0.3) is 0 Å². The zero-order chi connectivity index (χ0) is 20.8. The van der Waals surface area contributed by atoms with Crippen molar-refractivity contribution in [2.24, 2.45) is 0 Å². The fourth-order valence-electron chi connectivity index (χ4n) is 3.14. The molecular formula is C23H19NO5. The Bertz CT molecular complexity index is 960. The van der Waals surface area contributed by atoms with Crippen molar-refractivity contribution in [3.63, 3.8) is 0 Å². The third-order valence-corrected chi connectivity index (χ3v) is 4.50. The fourth-order valence-corrected chi connectivity index (χ4v) is 3.14. The molecule has 0 spiro atoms. The van der Waals surface area contributed by atoms with Gasteiger partial charge in [-0.1, -0.05) is 60.7 Å². The molecule has 0 saturated heterocycles. The number of benzene rings is 3. The Hall–Kier alpha value is -3.93. The van der Waals surface area contributed by atoms with Gasteiger partial charge in [-0.2, -0.15) is 0 Å². The van der Waals surface area contributed by atoms with Crippen molar-refractivity contribution in [2.45, 2.75) is 12.3 Å². The van der Waals surface area contributed by atoms with Crippen molar-refractivity contribution < 1.29 is 24.6 Å². The molecule has 146 valence electrons. The van der Waals surface area contributed by atoms with E-state index in [0.29, 0.717) is 0 Å². The number of carboxylic acids is 2. The SMILES string of the molecule is O=C(CC(c1ccccc1)c1ccccc1)Nc1cc(C(=O)O)cc(C(=O)O)c1. The van der Waals surface area contributed by atoms with E-state index in [-0.39, 0.29) is 35.1 Å². The molecule has 3 aromatic rings. The Balaban J connectivity index is 1.86. The van der Waals surface area contributed by atoms with Crippen LogP contribution >= 0.6 is 0 Å². The third-order valence-electron chi connectivity index (χ3n) is 4.50. The molecule has 29 heavy (non-hydrogen) atoms. The maximum Gasteiger partial charge on any atom is 0.335 e. The summed E-state index contributed by atoms with van der Waals surface area (Å²) < 4.78 is 0. The van der Waals surface area contributed by atoms with Crippen LogP contribution in [0, 0.1) is 0 Å². The van der Waals surface area contributed by atoms with E-state index in [1.807, 2.05) is 60.7 Å². The first-order chi connectivity index (χ1) is 13.9. The molecule has 0 aromatic heterocycles.